The molecule has 0 N–H and O–H groups in total. The first-order valence-corrected chi connectivity index (χ1v) is 26.5. The number of anilines is 3. The van der Waals surface area contributed by atoms with Crippen LogP contribution >= 0.6 is 11.3 Å². The summed E-state index contributed by atoms with van der Waals surface area (Å²) >= 11 is 1.93. The van der Waals surface area contributed by atoms with Gasteiger partial charge in [0.15, 0.2) is 5.82 Å². The third-order valence-corrected chi connectivity index (χ3v) is 20.0. The molecule has 67 heavy (non-hydrogen) atoms. The molecule has 9 aliphatic rings. The van der Waals surface area contributed by atoms with Crippen molar-refractivity contribution < 1.29 is 0 Å². The minimum atomic E-state index is -0.570. The van der Waals surface area contributed by atoms with Gasteiger partial charge in [-0.05, 0) is 190 Å². The van der Waals surface area contributed by atoms with Crippen molar-refractivity contribution in [3.05, 3.63) is 178 Å². The molecule has 4 nitrogen and oxygen atoms in total. The lowest BCUT2D eigenvalue weighted by molar-refractivity contribution is -0.0155. The van der Waals surface area contributed by atoms with Gasteiger partial charge in [-0.3, -0.25) is 0 Å². The minimum absolute atomic E-state index is 0.111. The van der Waals surface area contributed by atoms with Crippen molar-refractivity contribution in [3.63, 3.8) is 0 Å². The van der Waals surface area contributed by atoms with E-state index < -0.39 is 5.41 Å². The molecule has 17 rings (SSSR count). The van der Waals surface area contributed by atoms with E-state index in [0.717, 1.165) is 58.5 Å². The number of aromatic nitrogens is 3. The highest BCUT2D eigenvalue weighted by atomic mass is 32.1. The number of para-hydroxylation sites is 2. The van der Waals surface area contributed by atoms with Crippen LogP contribution in [0.5, 0.6) is 0 Å². The van der Waals surface area contributed by atoms with Crippen LogP contribution in [0.15, 0.2) is 133 Å². The van der Waals surface area contributed by atoms with Crippen molar-refractivity contribution >= 4 is 48.6 Å². The van der Waals surface area contributed by atoms with Crippen molar-refractivity contribution in [1.29, 1.82) is 0 Å². The van der Waals surface area contributed by atoms with Gasteiger partial charge in [-0.1, -0.05) is 103 Å². The highest BCUT2D eigenvalue weighted by Crippen LogP contribution is 2.64. The second-order valence-corrected chi connectivity index (χ2v) is 24.0. The van der Waals surface area contributed by atoms with Gasteiger partial charge in [-0.15, -0.1) is 11.3 Å². The first-order valence-electron chi connectivity index (χ1n) is 25.7. The maximum atomic E-state index is 5.79. The molecule has 0 unspecified atom stereocenters. The molecule has 8 fully saturated rings. The van der Waals surface area contributed by atoms with E-state index in [4.69, 9.17) is 15.0 Å². The second-order valence-electron chi connectivity index (χ2n) is 22.9. The lowest BCUT2D eigenvalue weighted by Gasteiger charge is -2.57. The van der Waals surface area contributed by atoms with Crippen LogP contribution < -0.4 is 4.90 Å². The Morgan fingerprint density at radius 1 is 0.478 bits per heavy atom. The molecule has 2 aromatic heterocycles. The van der Waals surface area contributed by atoms with E-state index in [2.05, 4.69) is 152 Å². The normalized spacial score (nSPS) is 29.4. The van der Waals surface area contributed by atoms with Crippen molar-refractivity contribution in [2.75, 3.05) is 4.90 Å². The summed E-state index contributed by atoms with van der Waals surface area (Å²) in [6, 6.07) is 50.6. The highest BCUT2D eigenvalue weighted by Gasteiger charge is 2.56. The summed E-state index contributed by atoms with van der Waals surface area (Å²) in [5.74, 6) is 8.28. The van der Waals surface area contributed by atoms with Crippen molar-refractivity contribution in [2.24, 2.45) is 35.5 Å². The molecule has 8 saturated carbocycles. The predicted octanol–water partition coefficient (Wildman–Crippen LogP) is 15.6. The summed E-state index contributed by atoms with van der Waals surface area (Å²) in [6.07, 6.45) is 16.2. The summed E-state index contributed by atoms with van der Waals surface area (Å²) in [5.41, 5.74) is 12.2. The number of fused-ring (bicyclic) bond motifs is 5. The van der Waals surface area contributed by atoms with Crippen LogP contribution in [0, 0.1) is 49.4 Å². The zero-order valence-corrected chi connectivity index (χ0v) is 39.7. The average Bonchev–Trinajstić information content (AvgIpc) is 3.72. The van der Waals surface area contributed by atoms with E-state index in [1.54, 1.807) is 0 Å². The first kappa shape index (κ1) is 39.4. The minimum Gasteiger partial charge on any atom is -0.309 e. The summed E-state index contributed by atoms with van der Waals surface area (Å²) in [7, 11) is 0. The fraction of sp³-hybridized carbons (Fsp3) is 0.371. The molecule has 0 amide bonds. The highest BCUT2D eigenvalue weighted by molar-refractivity contribution is 7.26. The molecule has 332 valence electrons. The number of benzene rings is 6. The topological polar surface area (TPSA) is 41.9 Å². The molecule has 8 bridgehead atoms. The van der Waals surface area contributed by atoms with Crippen LogP contribution in [0.3, 0.4) is 0 Å². The average molecular weight is 891 g/mol. The molecule has 8 aliphatic carbocycles. The monoisotopic (exact) mass is 890 g/mol. The van der Waals surface area contributed by atoms with Crippen molar-refractivity contribution in [2.45, 2.75) is 107 Å². The standard InChI is InChI=1S/C62H58N4S/c1-37-23-45(57-63-58(60-31-39-25-40(32-60)27-41(26-39)33-60)65-59(64-57)61-34-42-28-43(35-61)30-44(29-42)36-61)24-38(2)55(37)66-52-20-9-7-17-49(52)62(46-13-4-3-5-14-46,50-18-8-10-21-53(50)66)51-19-12-16-48-47-15-6-11-22-54(47)67-56(48)51/h3-24,39-44H,25-36H2,1-2H3. The van der Waals surface area contributed by atoms with E-state index in [9.17, 15) is 0 Å². The molecular formula is C62H58N4S. The van der Waals surface area contributed by atoms with E-state index in [1.165, 1.54) is 148 Å². The SMILES string of the molecule is Cc1cc(-c2nc(C34CC5CC(CC(C5)C3)C4)nc(C34CC5CC(CC(C5)C3)C4)n2)cc(C)c1N1c2ccccc2C(c2ccccc2)(c2cccc3c2sc2ccccc23)c2ccccc21. The van der Waals surface area contributed by atoms with Crippen LogP contribution in [-0.2, 0) is 16.2 Å². The zero-order chi connectivity index (χ0) is 44.2. The Kier molecular flexibility index (Phi) is 8.34. The second kappa shape index (κ2) is 14.2. The van der Waals surface area contributed by atoms with Crippen molar-refractivity contribution in [3.8, 4) is 11.4 Å². The Balaban J connectivity index is 0.916. The molecule has 0 spiro atoms. The summed E-state index contributed by atoms with van der Waals surface area (Å²) < 4.78 is 2.67. The van der Waals surface area contributed by atoms with Crippen LogP contribution in [0.25, 0.3) is 31.6 Å². The molecular weight excluding hydrogens is 833 g/mol. The van der Waals surface area contributed by atoms with Crippen LogP contribution in [-0.4, -0.2) is 15.0 Å². The van der Waals surface area contributed by atoms with E-state index >= 15 is 0 Å². The number of thiophene rings is 1. The van der Waals surface area contributed by atoms with Gasteiger partial charge in [-0.25, -0.2) is 15.0 Å². The number of nitrogens with zero attached hydrogens (tertiary/aromatic N) is 4. The Bertz CT molecular complexity index is 3120. The van der Waals surface area contributed by atoms with E-state index in [-0.39, 0.29) is 10.8 Å². The maximum absolute atomic E-state index is 5.79. The molecule has 1 aliphatic heterocycles. The Labute approximate surface area is 398 Å². The largest absolute Gasteiger partial charge is 0.309 e. The lowest BCUT2D eigenvalue weighted by Crippen LogP contribution is -2.51. The van der Waals surface area contributed by atoms with Crippen LogP contribution in [0.2, 0.25) is 0 Å². The van der Waals surface area contributed by atoms with Gasteiger partial charge in [-0.2, -0.15) is 0 Å². The number of aryl methyl sites for hydroxylation is 2. The lowest BCUT2D eigenvalue weighted by atomic mass is 9.49. The van der Waals surface area contributed by atoms with E-state index in [0.29, 0.717) is 0 Å². The summed E-state index contributed by atoms with van der Waals surface area (Å²) in [6.45, 7) is 4.66. The molecule has 6 aromatic carbocycles. The predicted molar refractivity (Wildman–Crippen MR) is 274 cm³/mol. The first-order chi connectivity index (χ1) is 32.8. The zero-order valence-electron chi connectivity index (χ0n) is 38.8. The van der Waals surface area contributed by atoms with Crippen LogP contribution in [0.4, 0.5) is 17.1 Å². The fourth-order valence-corrected chi connectivity index (χ4v) is 18.4. The number of hydrogen-bond acceptors (Lipinski definition) is 5. The van der Waals surface area contributed by atoms with Crippen molar-refractivity contribution in [1.82, 2.24) is 15.0 Å². The smallest absolute Gasteiger partial charge is 0.163 e. The number of hydrogen-bond donors (Lipinski definition) is 0. The third kappa shape index (κ3) is 5.61. The maximum Gasteiger partial charge on any atom is 0.163 e. The Hall–Kier alpha value is -5.65. The third-order valence-electron chi connectivity index (χ3n) is 18.7. The molecule has 5 heteroatoms. The Morgan fingerprint density at radius 2 is 0.940 bits per heavy atom. The number of rotatable bonds is 6. The summed E-state index contributed by atoms with van der Waals surface area (Å²) in [4.78, 5) is 19.8. The molecule has 0 atom stereocenters. The molecule has 8 aromatic rings. The van der Waals surface area contributed by atoms with Gasteiger partial charge in [0.05, 0.1) is 22.5 Å². The van der Waals surface area contributed by atoms with Gasteiger partial charge in [0, 0.05) is 36.6 Å². The molecule has 0 saturated heterocycles. The van der Waals surface area contributed by atoms with Gasteiger partial charge in [0.1, 0.15) is 11.6 Å². The fourth-order valence-electron chi connectivity index (χ4n) is 17.2. The van der Waals surface area contributed by atoms with Crippen LogP contribution in [0.1, 0.15) is 122 Å². The summed E-state index contributed by atoms with van der Waals surface area (Å²) in [5, 5.41) is 2.65. The van der Waals surface area contributed by atoms with Gasteiger partial charge in [0.2, 0.25) is 0 Å². The Morgan fingerprint density at radius 3 is 1.49 bits per heavy atom. The molecule has 0 radical (unpaired) electrons. The van der Waals surface area contributed by atoms with E-state index in [1.807, 2.05) is 11.3 Å². The van der Waals surface area contributed by atoms with Gasteiger partial charge < -0.3 is 4.90 Å². The quantitative estimate of drug-likeness (QED) is 0.167. The van der Waals surface area contributed by atoms with Gasteiger partial charge in [0.25, 0.3) is 0 Å². The molecule has 3 heterocycles. The van der Waals surface area contributed by atoms with Gasteiger partial charge >= 0.3 is 0 Å².